The molecule has 0 heterocycles. The summed E-state index contributed by atoms with van der Waals surface area (Å²) in [5, 5.41) is 0. The van der Waals surface area contributed by atoms with Crippen molar-refractivity contribution in [3.63, 3.8) is 0 Å². The third kappa shape index (κ3) is 16.2. The summed E-state index contributed by atoms with van der Waals surface area (Å²) >= 11 is 0. The van der Waals surface area contributed by atoms with Gasteiger partial charge in [0.05, 0.1) is 17.7 Å². The number of carbonyl (C=O) groups excluding carboxylic acids is 2. The number of nitrogens with zero attached hydrogens (tertiary/aromatic N) is 1. The molecule has 0 unspecified atom stereocenters. The van der Waals surface area contributed by atoms with Crippen LogP contribution < -0.4 is 0 Å². The van der Waals surface area contributed by atoms with E-state index in [-0.39, 0.29) is 11.8 Å². The Morgan fingerprint density at radius 2 is 1.03 bits per heavy atom. The lowest BCUT2D eigenvalue weighted by Gasteiger charge is -2.24. The molecule has 0 spiro atoms. The first-order valence-corrected chi connectivity index (χ1v) is 16.1. The maximum Gasteiger partial charge on any atom is 0.338 e. The molecule has 1 aromatic carbocycles. The van der Waals surface area contributed by atoms with E-state index in [1.54, 1.807) is 12.1 Å². The predicted molar refractivity (Wildman–Crippen MR) is 162 cm³/mol. The molecule has 0 aromatic heterocycles. The van der Waals surface area contributed by atoms with Crippen molar-refractivity contribution >= 4 is 11.9 Å². The van der Waals surface area contributed by atoms with Gasteiger partial charge in [-0.1, -0.05) is 143 Å². The smallest absolute Gasteiger partial charge is 0.338 e. The number of esters is 1. The first-order valence-electron chi connectivity index (χ1n) is 16.1. The van der Waals surface area contributed by atoms with E-state index >= 15 is 0 Å². The van der Waals surface area contributed by atoms with E-state index in [9.17, 15) is 9.59 Å². The molecule has 0 aliphatic rings. The highest BCUT2D eigenvalue weighted by atomic mass is 16.5. The number of amides is 1. The second-order valence-corrected chi connectivity index (χ2v) is 11.5. The molecule has 4 nitrogen and oxygen atoms in total. The average Bonchev–Trinajstić information content (AvgIpc) is 2.92. The number of benzene rings is 1. The van der Waals surface area contributed by atoms with Gasteiger partial charge in [-0.05, 0) is 30.9 Å². The van der Waals surface area contributed by atoms with Crippen LogP contribution in [0.1, 0.15) is 164 Å². The van der Waals surface area contributed by atoms with Gasteiger partial charge in [0, 0.05) is 13.1 Å². The summed E-state index contributed by atoms with van der Waals surface area (Å²) in [5.74, 6) is -0.161. The molecule has 0 N–H and O–H groups in total. The van der Waals surface area contributed by atoms with Crippen LogP contribution in [0, 0.1) is 5.92 Å². The Morgan fingerprint density at radius 3 is 1.45 bits per heavy atom. The maximum absolute atomic E-state index is 13.7. The summed E-state index contributed by atoms with van der Waals surface area (Å²) < 4.78 is 5.47. The Balaban J connectivity index is 2.63. The highest BCUT2D eigenvalue weighted by Gasteiger charge is 2.22. The van der Waals surface area contributed by atoms with Crippen molar-refractivity contribution in [1.29, 1.82) is 0 Å². The lowest BCUT2D eigenvalue weighted by atomic mass is 10.0. The molecule has 0 fully saturated rings. The lowest BCUT2D eigenvalue weighted by molar-refractivity contribution is 0.0453. The number of carbonyl (C=O) groups is 2. The standard InChI is InChI=1S/C34H59NO3/c1-5-7-9-11-13-15-17-19-23-27-35(28-24-20-18-16-14-12-10-8-6-2)33(36)31-25-21-22-26-32(31)34(37)38-29-30(3)4/h21-22,25-26,30H,5-20,23-24,27-29H2,1-4H3. The van der Waals surface area contributed by atoms with Gasteiger partial charge in [-0.15, -0.1) is 0 Å². The first kappa shape index (κ1) is 34.2. The van der Waals surface area contributed by atoms with Crippen LogP contribution in [-0.4, -0.2) is 36.5 Å². The summed E-state index contributed by atoms with van der Waals surface area (Å²) in [6, 6.07) is 7.18. The van der Waals surface area contributed by atoms with Crippen molar-refractivity contribution < 1.29 is 14.3 Å². The van der Waals surface area contributed by atoms with Crippen LogP contribution >= 0.6 is 0 Å². The van der Waals surface area contributed by atoms with E-state index in [0.717, 1.165) is 38.8 Å². The molecular weight excluding hydrogens is 470 g/mol. The fourth-order valence-corrected chi connectivity index (χ4v) is 4.88. The van der Waals surface area contributed by atoms with Gasteiger partial charge >= 0.3 is 5.97 Å². The number of unbranched alkanes of at least 4 members (excludes halogenated alkanes) is 16. The van der Waals surface area contributed by atoms with Crippen molar-refractivity contribution in [2.45, 2.75) is 143 Å². The van der Waals surface area contributed by atoms with Gasteiger partial charge in [0.1, 0.15) is 0 Å². The Kier molecular flexibility index (Phi) is 20.8. The van der Waals surface area contributed by atoms with Crippen molar-refractivity contribution in [2.24, 2.45) is 5.92 Å². The molecule has 38 heavy (non-hydrogen) atoms. The Hall–Kier alpha value is -1.84. The fraction of sp³-hybridized carbons (Fsp3) is 0.765. The summed E-state index contributed by atoms with van der Waals surface area (Å²) in [5.41, 5.74) is 0.871. The third-order valence-electron chi connectivity index (χ3n) is 7.28. The van der Waals surface area contributed by atoms with E-state index in [0.29, 0.717) is 17.7 Å². The molecule has 1 rings (SSSR count). The SMILES string of the molecule is CCCCCCCCCCCN(CCCCCCCCCCC)C(=O)c1ccccc1C(=O)OCC(C)C. The maximum atomic E-state index is 13.7. The zero-order valence-corrected chi connectivity index (χ0v) is 25.4. The van der Waals surface area contributed by atoms with Crippen LogP contribution in [0.4, 0.5) is 0 Å². The van der Waals surface area contributed by atoms with E-state index < -0.39 is 5.97 Å². The van der Waals surface area contributed by atoms with E-state index in [2.05, 4.69) is 13.8 Å². The second-order valence-electron chi connectivity index (χ2n) is 11.5. The average molecular weight is 530 g/mol. The first-order chi connectivity index (χ1) is 18.5. The molecule has 0 bridgehead atoms. The molecule has 218 valence electrons. The molecule has 1 amide bonds. The van der Waals surface area contributed by atoms with Gasteiger partial charge < -0.3 is 9.64 Å². The number of hydrogen-bond donors (Lipinski definition) is 0. The Labute approximate surface area is 235 Å². The van der Waals surface area contributed by atoms with Crippen LogP contribution in [0.2, 0.25) is 0 Å². The summed E-state index contributed by atoms with van der Waals surface area (Å²) in [4.78, 5) is 28.4. The van der Waals surface area contributed by atoms with Crippen molar-refractivity contribution in [2.75, 3.05) is 19.7 Å². The monoisotopic (exact) mass is 529 g/mol. The molecular formula is C34H59NO3. The van der Waals surface area contributed by atoms with Gasteiger partial charge in [-0.2, -0.15) is 0 Å². The molecule has 1 aromatic rings. The second kappa shape index (κ2) is 23.1. The molecule has 0 atom stereocenters. The molecule has 0 aliphatic heterocycles. The van der Waals surface area contributed by atoms with Crippen LogP contribution in [0.25, 0.3) is 0 Å². The van der Waals surface area contributed by atoms with Gasteiger partial charge in [0.2, 0.25) is 0 Å². The zero-order chi connectivity index (χ0) is 27.8. The lowest BCUT2D eigenvalue weighted by Crippen LogP contribution is -2.34. The molecule has 4 heteroatoms. The fourth-order valence-electron chi connectivity index (χ4n) is 4.88. The number of rotatable bonds is 24. The van der Waals surface area contributed by atoms with Crippen molar-refractivity contribution in [1.82, 2.24) is 4.90 Å². The highest BCUT2D eigenvalue weighted by Crippen LogP contribution is 2.17. The Bertz CT molecular complexity index is 708. The van der Waals surface area contributed by atoms with Gasteiger partial charge in [0.15, 0.2) is 0 Å². The third-order valence-corrected chi connectivity index (χ3v) is 7.28. The van der Waals surface area contributed by atoms with Crippen LogP contribution in [0.15, 0.2) is 24.3 Å². The molecule has 0 radical (unpaired) electrons. The summed E-state index contributed by atoms with van der Waals surface area (Å²) in [7, 11) is 0. The Morgan fingerprint density at radius 1 is 0.632 bits per heavy atom. The topological polar surface area (TPSA) is 46.6 Å². The largest absolute Gasteiger partial charge is 0.462 e. The van der Waals surface area contributed by atoms with Crippen LogP contribution in [0.3, 0.4) is 0 Å². The zero-order valence-electron chi connectivity index (χ0n) is 25.4. The molecule has 0 saturated heterocycles. The molecule has 0 saturated carbocycles. The summed E-state index contributed by atoms with van der Waals surface area (Å²) in [6.07, 6.45) is 22.8. The van der Waals surface area contributed by atoms with Crippen molar-refractivity contribution in [3.8, 4) is 0 Å². The van der Waals surface area contributed by atoms with Crippen LogP contribution in [-0.2, 0) is 4.74 Å². The van der Waals surface area contributed by atoms with E-state index in [4.69, 9.17) is 4.74 Å². The minimum atomic E-state index is -0.395. The van der Waals surface area contributed by atoms with Gasteiger partial charge in [-0.25, -0.2) is 4.79 Å². The predicted octanol–water partition coefficient (Wildman–Crippen LogP) is 10.0. The van der Waals surface area contributed by atoms with Gasteiger partial charge in [-0.3, -0.25) is 4.79 Å². The normalized spacial score (nSPS) is 11.2. The highest BCUT2D eigenvalue weighted by molar-refractivity contribution is 6.05. The summed E-state index contributed by atoms with van der Waals surface area (Å²) in [6.45, 7) is 10.4. The van der Waals surface area contributed by atoms with Crippen LogP contribution in [0.5, 0.6) is 0 Å². The quantitative estimate of drug-likeness (QED) is 0.0988. The number of ether oxygens (including phenoxy) is 1. The van der Waals surface area contributed by atoms with Gasteiger partial charge in [0.25, 0.3) is 5.91 Å². The minimum Gasteiger partial charge on any atom is -0.462 e. The van der Waals surface area contributed by atoms with E-state index in [1.807, 2.05) is 30.9 Å². The van der Waals surface area contributed by atoms with E-state index in [1.165, 1.54) is 89.9 Å². The minimum absolute atomic E-state index is 0.0266. The number of hydrogen-bond acceptors (Lipinski definition) is 3. The van der Waals surface area contributed by atoms with Crippen molar-refractivity contribution in [3.05, 3.63) is 35.4 Å². The molecule has 0 aliphatic carbocycles.